The molecule has 1 heterocycles. The van der Waals surface area contributed by atoms with Gasteiger partial charge in [-0.1, -0.05) is 12.8 Å². The van der Waals surface area contributed by atoms with E-state index in [4.69, 9.17) is 0 Å². The van der Waals surface area contributed by atoms with E-state index in [0.29, 0.717) is 51.0 Å². The number of carbonyl (C=O) groups excluding carboxylic acids is 1. The van der Waals surface area contributed by atoms with Gasteiger partial charge in [0.2, 0.25) is 5.91 Å². The highest BCUT2D eigenvalue weighted by Gasteiger charge is 2.34. The number of halogens is 3. The van der Waals surface area contributed by atoms with Crippen LogP contribution >= 0.6 is 0 Å². The van der Waals surface area contributed by atoms with Gasteiger partial charge in [-0.15, -0.1) is 0 Å². The summed E-state index contributed by atoms with van der Waals surface area (Å²) in [5, 5.41) is 9.29. The van der Waals surface area contributed by atoms with Crippen molar-refractivity contribution in [3.05, 3.63) is 0 Å². The van der Waals surface area contributed by atoms with Crippen LogP contribution in [0.15, 0.2) is 4.99 Å². The molecule has 2 fully saturated rings. The van der Waals surface area contributed by atoms with E-state index >= 15 is 0 Å². The molecule has 1 unspecified atom stereocenters. The Labute approximate surface area is 153 Å². The Balaban J connectivity index is 1.73. The number of alkyl halides is 3. The van der Waals surface area contributed by atoms with Gasteiger partial charge in [0.15, 0.2) is 5.96 Å². The first-order chi connectivity index (χ1) is 12.4. The fourth-order valence-corrected chi connectivity index (χ4v) is 3.50. The van der Waals surface area contributed by atoms with Gasteiger partial charge in [-0.05, 0) is 26.2 Å². The summed E-state index contributed by atoms with van der Waals surface area (Å²) in [6.07, 6.45) is 1.24. The first-order valence-electron chi connectivity index (χ1n) is 9.49. The summed E-state index contributed by atoms with van der Waals surface area (Å²) in [5.74, 6) is 0.564. The van der Waals surface area contributed by atoms with E-state index in [-0.39, 0.29) is 11.9 Å². The number of guanidine groups is 1. The number of likely N-dealkylation sites (tertiary alicyclic amines) is 1. The van der Waals surface area contributed by atoms with Crippen molar-refractivity contribution in [1.82, 2.24) is 20.9 Å². The zero-order valence-corrected chi connectivity index (χ0v) is 15.4. The van der Waals surface area contributed by atoms with Crippen LogP contribution < -0.4 is 16.0 Å². The minimum atomic E-state index is -4.17. The Kier molecular flexibility index (Phi) is 7.99. The van der Waals surface area contributed by atoms with Crippen molar-refractivity contribution in [2.45, 2.75) is 63.7 Å². The van der Waals surface area contributed by atoms with Gasteiger partial charge in [0.25, 0.3) is 0 Å². The van der Waals surface area contributed by atoms with E-state index in [1.807, 2.05) is 6.92 Å². The molecule has 150 valence electrons. The van der Waals surface area contributed by atoms with Crippen molar-refractivity contribution in [3.63, 3.8) is 0 Å². The highest BCUT2D eigenvalue weighted by molar-refractivity contribution is 5.81. The van der Waals surface area contributed by atoms with Crippen LogP contribution in [-0.2, 0) is 4.79 Å². The van der Waals surface area contributed by atoms with Gasteiger partial charge in [0.05, 0.1) is 13.1 Å². The highest BCUT2D eigenvalue weighted by Crippen LogP contribution is 2.20. The molecule has 3 N–H and O–H groups in total. The van der Waals surface area contributed by atoms with Crippen LogP contribution in [0, 0.1) is 0 Å². The Morgan fingerprint density at radius 1 is 1.15 bits per heavy atom. The molecule has 0 aromatic heterocycles. The molecule has 6 nitrogen and oxygen atoms in total. The van der Waals surface area contributed by atoms with Crippen LogP contribution in [0.1, 0.15) is 45.4 Å². The molecule has 0 aromatic rings. The molecule has 1 saturated heterocycles. The smallest absolute Gasteiger partial charge is 0.357 e. The maximum Gasteiger partial charge on any atom is 0.401 e. The van der Waals surface area contributed by atoms with Gasteiger partial charge < -0.3 is 16.0 Å². The summed E-state index contributed by atoms with van der Waals surface area (Å²) >= 11 is 0. The first-order valence-corrected chi connectivity index (χ1v) is 9.49. The van der Waals surface area contributed by atoms with Crippen molar-refractivity contribution >= 4 is 11.9 Å². The van der Waals surface area contributed by atoms with Crippen LogP contribution in [0.2, 0.25) is 0 Å². The second kappa shape index (κ2) is 9.99. The standard InChI is InChI=1S/C17H30F3N5O/c1-2-21-16(22-9-7-15(26)23-13-5-3-4-6-13)24-14-8-10-25(11-14)12-17(18,19)20/h13-14H,2-12H2,1H3,(H,23,26)(H2,21,22,24). The molecule has 0 aromatic carbocycles. The zero-order valence-electron chi connectivity index (χ0n) is 15.4. The van der Waals surface area contributed by atoms with Gasteiger partial charge in [-0.2, -0.15) is 13.2 Å². The average molecular weight is 377 g/mol. The number of aliphatic imine (C=N–C) groups is 1. The fourth-order valence-electron chi connectivity index (χ4n) is 3.50. The Bertz CT molecular complexity index is 478. The number of carbonyl (C=O) groups is 1. The largest absolute Gasteiger partial charge is 0.401 e. The molecular formula is C17H30F3N5O. The fraction of sp³-hybridized carbons (Fsp3) is 0.882. The van der Waals surface area contributed by atoms with Gasteiger partial charge in [-0.25, -0.2) is 0 Å². The van der Waals surface area contributed by atoms with E-state index in [1.165, 1.54) is 17.7 Å². The minimum Gasteiger partial charge on any atom is -0.357 e. The van der Waals surface area contributed by atoms with Crippen molar-refractivity contribution in [2.24, 2.45) is 4.99 Å². The van der Waals surface area contributed by atoms with Crippen LogP contribution in [0.5, 0.6) is 0 Å². The lowest BCUT2D eigenvalue weighted by molar-refractivity contribution is -0.143. The maximum absolute atomic E-state index is 12.5. The Morgan fingerprint density at radius 2 is 1.88 bits per heavy atom. The van der Waals surface area contributed by atoms with Crippen LogP contribution in [0.25, 0.3) is 0 Å². The van der Waals surface area contributed by atoms with Gasteiger partial charge in [0.1, 0.15) is 0 Å². The maximum atomic E-state index is 12.5. The second-order valence-electron chi connectivity index (χ2n) is 7.04. The third-order valence-corrected chi connectivity index (χ3v) is 4.69. The molecule has 0 bridgehead atoms. The molecule has 26 heavy (non-hydrogen) atoms. The molecular weight excluding hydrogens is 347 g/mol. The highest BCUT2D eigenvalue weighted by atomic mass is 19.4. The molecule has 1 atom stereocenters. The summed E-state index contributed by atoms with van der Waals surface area (Å²) in [7, 11) is 0. The monoisotopic (exact) mass is 377 g/mol. The molecule has 0 radical (unpaired) electrons. The first kappa shape index (κ1) is 20.8. The molecule has 1 aliphatic heterocycles. The number of nitrogens with zero attached hydrogens (tertiary/aromatic N) is 2. The van der Waals surface area contributed by atoms with E-state index in [2.05, 4.69) is 20.9 Å². The Morgan fingerprint density at radius 3 is 2.54 bits per heavy atom. The van der Waals surface area contributed by atoms with Crippen molar-refractivity contribution in [1.29, 1.82) is 0 Å². The van der Waals surface area contributed by atoms with Gasteiger partial charge >= 0.3 is 6.18 Å². The van der Waals surface area contributed by atoms with Crippen molar-refractivity contribution in [2.75, 3.05) is 32.7 Å². The summed E-state index contributed by atoms with van der Waals surface area (Å²) in [5.41, 5.74) is 0. The van der Waals surface area contributed by atoms with Gasteiger partial charge in [-0.3, -0.25) is 14.7 Å². The normalized spacial score (nSPS) is 22.6. The van der Waals surface area contributed by atoms with Gasteiger partial charge in [0, 0.05) is 38.1 Å². The van der Waals surface area contributed by atoms with E-state index in [9.17, 15) is 18.0 Å². The minimum absolute atomic E-state index is 0.00807. The predicted molar refractivity (Wildman–Crippen MR) is 95.0 cm³/mol. The SMILES string of the molecule is CCNC(=NCCC(=O)NC1CCCC1)NC1CCN(CC(F)(F)F)C1. The van der Waals surface area contributed by atoms with Crippen molar-refractivity contribution in [3.8, 4) is 0 Å². The quantitative estimate of drug-likeness (QED) is 0.466. The number of hydrogen-bond donors (Lipinski definition) is 3. The molecule has 2 aliphatic rings. The third kappa shape index (κ3) is 7.80. The topological polar surface area (TPSA) is 68.8 Å². The lowest BCUT2D eigenvalue weighted by Crippen LogP contribution is -2.45. The molecule has 2 rings (SSSR count). The molecule has 0 spiro atoms. The number of nitrogens with one attached hydrogen (secondary N) is 3. The van der Waals surface area contributed by atoms with Crippen molar-refractivity contribution < 1.29 is 18.0 Å². The van der Waals surface area contributed by atoms with E-state index < -0.39 is 12.7 Å². The molecule has 9 heteroatoms. The average Bonchev–Trinajstić information content (AvgIpc) is 3.18. The summed E-state index contributed by atoms with van der Waals surface area (Å²) in [4.78, 5) is 17.7. The summed E-state index contributed by atoms with van der Waals surface area (Å²) in [6.45, 7) is 2.81. The second-order valence-corrected chi connectivity index (χ2v) is 7.04. The lowest BCUT2D eigenvalue weighted by atomic mass is 10.2. The number of amides is 1. The summed E-state index contributed by atoms with van der Waals surface area (Å²) < 4.78 is 37.4. The van der Waals surface area contributed by atoms with E-state index in [0.717, 1.165) is 12.8 Å². The van der Waals surface area contributed by atoms with Crippen LogP contribution in [-0.4, -0.2) is 67.8 Å². The number of rotatable bonds is 7. The van der Waals surface area contributed by atoms with E-state index in [1.54, 1.807) is 0 Å². The lowest BCUT2D eigenvalue weighted by Gasteiger charge is -2.19. The Hall–Kier alpha value is -1.51. The number of hydrogen-bond acceptors (Lipinski definition) is 3. The predicted octanol–water partition coefficient (Wildman–Crippen LogP) is 1.63. The third-order valence-electron chi connectivity index (χ3n) is 4.69. The molecule has 1 aliphatic carbocycles. The molecule has 1 saturated carbocycles. The molecule has 1 amide bonds. The zero-order chi connectivity index (χ0) is 19.0. The van der Waals surface area contributed by atoms with Crippen LogP contribution in [0.4, 0.5) is 13.2 Å². The van der Waals surface area contributed by atoms with Crippen LogP contribution in [0.3, 0.4) is 0 Å². The summed E-state index contributed by atoms with van der Waals surface area (Å²) in [6, 6.07) is 0.235.